The minimum absolute atomic E-state index is 0.120. The summed E-state index contributed by atoms with van der Waals surface area (Å²) in [6, 6.07) is 1.46. The van der Waals surface area contributed by atoms with E-state index in [2.05, 4.69) is 4.98 Å². The van der Waals surface area contributed by atoms with Gasteiger partial charge in [-0.3, -0.25) is 4.79 Å². The van der Waals surface area contributed by atoms with E-state index < -0.39 is 5.60 Å². The number of halogens is 1. The minimum atomic E-state index is -1.28. The molecular weight excluding hydrogens is 228 g/mol. The zero-order valence-corrected chi connectivity index (χ0v) is 9.50. The quantitative estimate of drug-likeness (QED) is 0.773. The van der Waals surface area contributed by atoms with E-state index in [1.54, 1.807) is 0 Å². The summed E-state index contributed by atoms with van der Waals surface area (Å²) in [7, 11) is 0. The molecule has 0 radical (unpaired) electrons. The number of Topliss-reactive ketones (excluding diaryl/α,β-unsaturated/α-hetero) is 1. The predicted octanol–water partition coefficient (Wildman–Crippen LogP) is 1.80. The number of nitrogens with zero attached hydrogens (tertiary/aromatic N) is 1. The number of nitrogens with two attached hydrogens (primary N) is 1. The summed E-state index contributed by atoms with van der Waals surface area (Å²) in [6.07, 6.45) is 4.06. The molecule has 3 N–H and O–H groups in total. The number of hydrogen-bond donors (Lipinski definition) is 2. The second-order valence-corrected chi connectivity index (χ2v) is 4.59. The monoisotopic (exact) mass is 240 g/mol. The number of ketones is 1. The zero-order valence-electron chi connectivity index (χ0n) is 8.74. The SMILES string of the molecule is Nc1ncc(Cl)cc1C(=O)C1(O)CCCC1. The molecule has 0 atom stereocenters. The lowest BCUT2D eigenvalue weighted by Crippen LogP contribution is -2.35. The number of hydrogen-bond acceptors (Lipinski definition) is 4. The summed E-state index contributed by atoms with van der Waals surface area (Å²) in [4.78, 5) is 15.9. The Bertz CT molecular complexity index is 428. The third kappa shape index (κ3) is 1.90. The van der Waals surface area contributed by atoms with Crippen LogP contribution >= 0.6 is 11.6 Å². The van der Waals surface area contributed by atoms with Gasteiger partial charge in [-0.05, 0) is 31.7 Å². The van der Waals surface area contributed by atoms with Crippen LogP contribution in [0.15, 0.2) is 12.3 Å². The van der Waals surface area contributed by atoms with Gasteiger partial charge >= 0.3 is 0 Å². The fourth-order valence-corrected chi connectivity index (χ4v) is 2.23. The Labute approximate surface area is 98.4 Å². The van der Waals surface area contributed by atoms with Crippen molar-refractivity contribution >= 4 is 23.2 Å². The van der Waals surface area contributed by atoms with Crippen molar-refractivity contribution in [2.24, 2.45) is 0 Å². The summed E-state index contributed by atoms with van der Waals surface area (Å²) in [5.74, 6) is -0.243. The zero-order chi connectivity index (χ0) is 11.8. The van der Waals surface area contributed by atoms with Crippen LogP contribution in [0.1, 0.15) is 36.0 Å². The summed E-state index contributed by atoms with van der Waals surface area (Å²) in [5, 5.41) is 10.5. The molecule has 0 amide bonds. The van der Waals surface area contributed by atoms with Crippen LogP contribution in [-0.2, 0) is 0 Å². The van der Waals surface area contributed by atoms with Gasteiger partial charge in [0.1, 0.15) is 11.4 Å². The molecule has 4 nitrogen and oxygen atoms in total. The molecule has 0 aliphatic heterocycles. The Morgan fingerprint density at radius 2 is 2.12 bits per heavy atom. The number of aromatic nitrogens is 1. The Balaban J connectivity index is 2.36. The average Bonchev–Trinajstić information content (AvgIpc) is 2.69. The van der Waals surface area contributed by atoms with Gasteiger partial charge in [0, 0.05) is 6.20 Å². The highest BCUT2D eigenvalue weighted by atomic mass is 35.5. The smallest absolute Gasteiger partial charge is 0.198 e. The molecule has 1 aliphatic carbocycles. The van der Waals surface area contributed by atoms with Crippen LogP contribution in [0.3, 0.4) is 0 Å². The molecule has 2 rings (SSSR count). The van der Waals surface area contributed by atoms with Crippen LogP contribution < -0.4 is 5.73 Å². The molecule has 1 saturated carbocycles. The van der Waals surface area contributed by atoms with E-state index in [9.17, 15) is 9.90 Å². The first-order valence-electron chi connectivity index (χ1n) is 5.21. The normalized spacial score (nSPS) is 18.6. The highest BCUT2D eigenvalue weighted by molar-refractivity contribution is 6.31. The molecule has 0 bridgehead atoms. The number of carbonyl (C=O) groups excluding carboxylic acids is 1. The number of carbonyl (C=O) groups is 1. The number of pyridine rings is 1. The molecule has 16 heavy (non-hydrogen) atoms. The second-order valence-electron chi connectivity index (χ2n) is 4.15. The van der Waals surface area contributed by atoms with Gasteiger partial charge in [0.15, 0.2) is 5.78 Å². The fourth-order valence-electron chi connectivity index (χ4n) is 2.07. The Morgan fingerprint density at radius 1 is 1.50 bits per heavy atom. The van der Waals surface area contributed by atoms with Crippen molar-refractivity contribution in [3.05, 3.63) is 22.8 Å². The van der Waals surface area contributed by atoms with Gasteiger partial charge in [-0.1, -0.05) is 11.6 Å². The van der Waals surface area contributed by atoms with Crippen molar-refractivity contribution in [1.29, 1.82) is 0 Å². The Morgan fingerprint density at radius 3 is 2.75 bits per heavy atom. The van der Waals surface area contributed by atoms with E-state index in [0.29, 0.717) is 17.9 Å². The van der Waals surface area contributed by atoms with Crippen molar-refractivity contribution < 1.29 is 9.90 Å². The van der Waals surface area contributed by atoms with E-state index in [1.807, 2.05) is 0 Å². The first kappa shape index (κ1) is 11.4. The van der Waals surface area contributed by atoms with E-state index >= 15 is 0 Å². The topological polar surface area (TPSA) is 76.2 Å². The number of rotatable bonds is 2. The first-order chi connectivity index (χ1) is 7.53. The van der Waals surface area contributed by atoms with Crippen molar-refractivity contribution in [3.63, 3.8) is 0 Å². The maximum absolute atomic E-state index is 12.1. The Hall–Kier alpha value is -1.13. The molecule has 1 heterocycles. The van der Waals surface area contributed by atoms with Crippen molar-refractivity contribution in [2.75, 3.05) is 5.73 Å². The fraction of sp³-hybridized carbons (Fsp3) is 0.455. The molecule has 1 aliphatic rings. The van der Waals surface area contributed by atoms with Crippen molar-refractivity contribution in [3.8, 4) is 0 Å². The number of anilines is 1. The largest absolute Gasteiger partial charge is 0.383 e. The summed E-state index contributed by atoms with van der Waals surface area (Å²) in [5.41, 5.74) is 4.56. The molecule has 86 valence electrons. The second kappa shape index (κ2) is 4.03. The third-order valence-corrected chi connectivity index (χ3v) is 3.19. The number of nitrogen functional groups attached to an aromatic ring is 1. The van der Waals surface area contributed by atoms with Crippen molar-refractivity contribution in [1.82, 2.24) is 4.98 Å². The molecule has 1 fully saturated rings. The summed E-state index contributed by atoms with van der Waals surface area (Å²) < 4.78 is 0. The van der Waals surface area contributed by atoms with Crippen LogP contribution in [-0.4, -0.2) is 21.5 Å². The highest BCUT2D eigenvalue weighted by Gasteiger charge is 2.40. The minimum Gasteiger partial charge on any atom is -0.383 e. The standard InChI is InChI=1S/C11H13ClN2O2/c12-7-5-8(10(13)14-6-7)9(15)11(16)3-1-2-4-11/h5-6,16H,1-4H2,(H2,13,14). The average molecular weight is 241 g/mol. The molecule has 0 spiro atoms. The molecule has 1 aromatic rings. The first-order valence-corrected chi connectivity index (χ1v) is 5.59. The van der Waals surface area contributed by atoms with Gasteiger partial charge in [0.05, 0.1) is 10.6 Å². The molecule has 1 aromatic heterocycles. The van der Waals surface area contributed by atoms with Crippen LogP contribution in [0.5, 0.6) is 0 Å². The lowest BCUT2D eigenvalue weighted by molar-refractivity contribution is 0.0354. The molecule has 0 saturated heterocycles. The van der Waals surface area contributed by atoms with Crippen molar-refractivity contribution in [2.45, 2.75) is 31.3 Å². The van der Waals surface area contributed by atoms with E-state index in [4.69, 9.17) is 17.3 Å². The van der Waals surface area contributed by atoms with Gasteiger partial charge in [0.25, 0.3) is 0 Å². The molecule has 5 heteroatoms. The van der Waals surface area contributed by atoms with E-state index in [1.165, 1.54) is 12.3 Å². The van der Waals surface area contributed by atoms with Crippen LogP contribution in [0.4, 0.5) is 5.82 Å². The van der Waals surface area contributed by atoms with Crippen LogP contribution in [0, 0.1) is 0 Å². The van der Waals surface area contributed by atoms with Gasteiger partial charge in [0.2, 0.25) is 0 Å². The van der Waals surface area contributed by atoms with E-state index in [0.717, 1.165) is 12.8 Å². The lowest BCUT2D eigenvalue weighted by atomic mass is 9.92. The van der Waals surface area contributed by atoms with Gasteiger partial charge in [-0.25, -0.2) is 4.98 Å². The predicted molar refractivity (Wildman–Crippen MR) is 61.4 cm³/mol. The van der Waals surface area contributed by atoms with Gasteiger partial charge < -0.3 is 10.8 Å². The highest BCUT2D eigenvalue weighted by Crippen LogP contribution is 2.33. The third-order valence-electron chi connectivity index (χ3n) is 2.98. The van der Waals surface area contributed by atoms with Crippen LogP contribution in [0.25, 0.3) is 0 Å². The molecule has 0 aromatic carbocycles. The van der Waals surface area contributed by atoms with E-state index in [-0.39, 0.29) is 17.2 Å². The van der Waals surface area contributed by atoms with Crippen LogP contribution in [0.2, 0.25) is 5.02 Å². The van der Waals surface area contributed by atoms with Gasteiger partial charge in [-0.15, -0.1) is 0 Å². The Kier molecular flexibility index (Phi) is 2.86. The molecular formula is C11H13ClN2O2. The maximum atomic E-state index is 12.1. The summed E-state index contributed by atoms with van der Waals surface area (Å²) >= 11 is 5.76. The number of aliphatic hydroxyl groups is 1. The summed E-state index contributed by atoms with van der Waals surface area (Å²) in [6.45, 7) is 0. The lowest BCUT2D eigenvalue weighted by Gasteiger charge is -2.20. The van der Waals surface area contributed by atoms with Gasteiger partial charge in [-0.2, -0.15) is 0 Å². The maximum Gasteiger partial charge on any atom is 0.198 e. The molecule has 0 unspecified atom stereocenters.